The normalized spacial score (nSPS) is 14.8. The van der Waals surface area contributed by atoms with Crippen LogP contribution in [0, 0.1) is 0 Å². The highest BCUT2D eigenvalue weighted by Gasteiger charge is 2.26. The molecule has 0 bridgehead atoms. The van der Waals surface area contributed by atoms with Crippen molar-refractivity contribution in [3.05, 3.63) is 26.5 Å². The molecule has 3 heterocycles. The summed E-state index contributed by atoms with van der Waals surface area (Å²) in [5, 5.41) is 0. The molecule has 1 aliphatic rings. The van der Waals surface area contributed by atoms with Gasteiger partial charge in [-0.2, -0.15) is 0 Å². The lowest BCUT2D eigenvalue weighted by atomic mass is 10.3. The van der Waals surface area contributed by atoms with Crippen molar-refractivity contribution < 1.29 is 14.3 Å². The van der Waals surface area contributed by atoms with Crippen molar-refractivity contribution in [3.63, 3.8) is 0 Å². The molecule has 134 valence electrons. The predicted molar refractivity (Wildman–Crippen MR) is 89.0 cm³/mol. The van der Waals surface area contributed by atoms with E-state index in [1.165, 1.54) is 18.7 Å². The van der Waals surface area contributed by atoms with Gasteiger partial charge in [-0.15, -0.1) is 0 Å². The van der Waals surface area contributed by atoms with Gasteiger partial charge in [0.1, 0.15) is 0 Å². The van der Waals surface area contributed by atoms with Crippen LogP contribution in [-0.4, -0.2) is 58.0 Å². The molecular formula is C15H19N5O5. The highest BCUT2D eigenvalue weighted by molar-refractivity contribution is 5.95. The van der Waals surface area contributed by atoms with Crippen molar-refractivity contribution in [3.8, 4) is 0 Å². The molecule has 0 N–H and O–H groups in total. The lowest BCUT2D eigenvalue weighted by Gasteiger charge is -2.28. The largest absolute Gasteiger partial charge is 0.461 e. The molecule has 1 fully saturated rings. The Labute approximate surface area is 142 Å². The number of fused-ring (bicyclic) bond motifs is 1. The third kappa shape index (κ3) is 2.88. The number of hydrogen-bond acceptors (Lipinski definition) is 8. The van der Waals surface area contributed by atoms with E-state index in [4.69, 9.17) is 9.47 Å². The van der Waals surface area contributed by atoms with E-state index in [1.54, 1.807) is 6.92 Å². The molecule has 2 aromatic heterocycles. The maximum Gasteiger partial charge on any atom is 0.360 e. The van der Waals surface area contributed by atoms with Crippen LogP contribution >= 0.6 is 0 Å². The predicted octanol–water partition coefficient (Wildman–Crippen LogP) is -0.959. The van der Waals surface area contributed by atoms with Crippen LogP contribution in [0.25, 0.3) is 11.2 Å². The number of morpholine rings is 1. The summed E-state index contributed by atoms with van der Waals surface area (Å²) in [6, 6.07) is 0. The van der Waals surface area contributed by atoms with Crippen molar-refractivity contribution in [2.75, 3.05) is 37.8 Å². The molecule has 0 aliphatic carbocycles. The minimum absolute atomic E-state index is 0.0143. The molecule has 10 nitrogen and oxygen atoms in total. The van der Waals surface area contributed by atoms with E-state index < -0.39 is 17.2 Å². The molecule has 25 heavy (non-hydrogen) atoms. The molecule has 0 spiro atoms. The Bertz CT molecular complexity index is 942. The van der Waals surface area contributed by atoms with Crippen molar-refractivity contribution >= 4 is 23.0 Å². The van der Waals surface area contributed by atoms with E-state index in [-0.39, 0.29) is 29.3 Å². The van der Waals surface area contributed by atoms with Crippen molar-refractivity contribution in [1.29, 1.82) is 0 Å². The van der Waals surface area contributed by atoms with Crippen LogP contribution in [0.5, 0.6) is 0 Å². The first-order chi connectivity index (χ1) is 12.0. The van der Waals surface area contributed by atoms with Crippen LogP contribution in [0.3, 0.4) is 0 Å². The summed E-state index contributed by atoms with van der Waals surface area (Å²) in [4.78, 5) is 47.4. The maximum atomic E-state index is 12.4. The molecule has 1 aliphatic heterocycles. The quantitative estimate of drug-likeness (QED) is 0.652. The Hall–Kier alpha value is -2.75. The molecule has 0 amide bonds. The molecule has 1 saturated heterocycles. The zero-order valence-electron chi connectivity index (χ0n) is 14.3. The van der Waals surface area contributed by atoms with Gasteiger partial charge >= 0.3 is 11.7 Å². The van der Waals surface area contributed by atoms with E-state index in [9.17, 15) is 14.4 Å². The van der Waals surface area contributed by atoms with Gasteiger partial charge in [-0.05, 0) is 6.92 Å². The van der Waals surface area contributed by atoms with Gasteiger partial charge in [-0.1, -0.05) is 0 Å². The van der Waals surface area contributed by atoms with Crippen LogP contribution in [-0.2, 0) is 23.6 Å². The van der Waals surface area contributed by atoms with E-state index in [0.29, 0.717) is 26.3 Å². The molecule has 0 aromatic carbocycles. The number of carbonyl (C=O) groups excluding carboxylic acids is 1. The van der Waals surface area contributed by atoms with E-state index in [0.717, 1.165) is 4.57 Å². The number of aryl methyl sites for hydroxylation is 1. The third-order valence-corrected chi connectivity index (χ3v) is 4.04. The summed E-state index contributed by atoms with van der Waals surface area (Å²) < 4.78 is 12.5. The Morgan fingerprint density at radius 3 is 2.48 bits per heavy atom. The second-order valence-corrected chi connectivity index (χ2v) is 5.59. The number of ether oxygens (including phenoxy) is 2. The van der Waals surface area contributed by atoms with Crippen LogP contribution in [0.1, 0.15) is 17.4 Å². The molecule has 0 radical (unpaired) electrons. The second-order valence-electron chi connectivity index (χ2n) is 5.59. The number of anilines is 1. The molecular weight excluding hydrogens is 330 g/mol. The van der Waals surface area contributed by atoms with Crippen molar-refractivity contribution in [2.45, 2.75) is 6.92 Å². The van der Waals surface area contributed by atoms with Gasteiger partial charge in [-0.25, -0.2) is 19.6 Å². The molecule has 2 aromatic rings. The van der Waals surface area contributed by atoms with Crippen molar-refractivity contribution in [1.82, 2.24) is 19.1 Å². The zero-order valence-corrected chi connectivity index (χ0v) is 14.3. The first-order valence-corrected chi connectivity index (χ1v) is 7.93. The molecule has 0 atom stereocenters. The molecule has 0 saturated carbocycles. The fraction of sp³-hybridized carbons (Fsp3) is 0.533. The SMILES string of the molecule is CCOC(=O)c1nc2c(nc1N1CCOCC1)c(=O)n(C)c(=O)n2C. The van der Waals surface area contributed by atoms with E-state index in [2.05, 4.69) is 9.97 Å². The summed E-state index contributed by atoms with van der Waals surface area (Å²) in [6.45, 7) is 3.85. The van der Waals surface area contributed by atoms with Crippen LogP contribution in [0.15, 0.2) is 9.59 Å². The van der Waals surface area contributed by atoms with Gasteiger partial charge in [0, 0.05) is 27.2 Å². The topological polar surface area (TPSA) is 109 Å². The fourth-order valence-electron chi connectivity index (χ4n) is 2.69. The van der Waals surface area contributed by atoms with Gasteiger partial charge in [0.25, 0.3) is 5.56 Å². The number of esters is 1. The Balaban J connectivity index is 2.31. The van der Waals surface area contributed by atoms with E-state index in [1.807, 2.05) is 4.90 Å². The van der Waals surface area contributed by atoms with Crippen LogP contribution in [0.2, 0.25) is 0 Å². The minimum Gasteiger partial charge on any atom is -0.461 e. The zero-order chi connectivity index (χ0) is 18.1. The smallest absolute Gasteiger partial charge is 0.360 e. The Morgan fingerprint density at radius 2 is 1.84 bits per heavy atom. The molecule has 3 rings (SSSR count). The fourth-order valence-corrected chi connectivity index (χ4v) is 2.69. The Kier molecular flexibility index (Phi) is 4.53. The highest BCUT2D eigenvalue weighted by Crippen LogP contribution is 2.20. The van der Waals surface area contributed by atoms with E-state index >= 15 is 0 Å². The second kappa shape index (κ2) is 6.63. The average molecular weight is 349 g/mol. The summed E-state index contributed by atoms with van der Waals surface area (Å²) in [5.41, 5.74) is -1.04. The Morgan fingerprint density at radius 1 is 1.16 bits per heavy atom. The lowest BCUT2D eigenvalue weighted by molar-refractivity contribution is 0.0519. The first-order valence-electron chi connectivity index (χ1n) is 7.93. The number of aromatic nitrogens is 4. The summed E-state index contributed by atoms with van der Waals surface area (Å²) in [6.07, 6.45) is 0. The average Bonchev–Trinajstić information content (AvgIpc) is 2.64. The first kappa shape index (κ1) is 17.1. The third-order valence-electron chi connectivity index (χ3n) is 4.04. The number of rotatable bonds is 3. The summed E-state index contributed by atoms with van der Waals surface area (Å²) in [7, 11) is 2.85. The van der Waals surface area contributed by atoms with Gasteiger partial charge in [-0.3, -0.25) is 13.9 Å². The summed E-state index contributed by atoms with van der Waals surface area (Å²) >= 11 is 0. The molecule has 0 unspecified atom stereocenters. The van der Waals surface area contributed by atoms with Gasteiger partial charge < -0.3 is 14.4 Å². The van der Waals surface area contributed by atoms with Crippen LogP contribution in [0.4, 0.5) is 5.82 Å². The van der Waals surface area contributed by atoms with Crippen LogP contribution < -0.4 is 16.1 Å². The monoisotopic (exact) mass is 349 g/mol. The maximum absolute atomic E-state index is 12.4. The number of nitrogens with zero attached hydrogens (tertiary/aromatic N) is 5. The number of carbonyl (C=O) groups is 1. The van der Waals surface area contributed by atoms with Crippen molar-refractivity contribution in [2.24, 2.45) is 14.1 Å². The van der Waals surface area contributed by atoms with Gasteiger partial charge in [0.15, 0.2) is 22.7 Å². The number of hydrogen-bond donors (Lipinski definition) is 0. The standard InChI is InChI=1S/C15H19N5O5/c1-4-25-14(22)10-12(20-5-7-24-8-6-20)16-9-11(17-10)18(2)15(23)19(3)13(9)21/h4-8H2,1-3H3. The summed E-state index contributed by atoms with van der Waals surface area (Å²) in [5.74, 6) is -0.378. The molecule has 10 heteroatoms. The highest BCUT2D eigenvalue weighted by atomic mass is 16.5. The van der Waals surface area contributed by atoms with Gasteiger partial charge in [0.2, 0.25) is 0 Å². The lowest BCUT2D eigenvalue weighted by Crippen LogP contribution is -2.40. The van der Waals surface area contributed by atoms with Gasteiger partial charge in [0.05, 0.1) is 19.8 Å². The minimum atomic E-state index is -0.647.